The maximum Gasteiger partial charge on any atom is 0.222 e. The summed E-state index contributed by atoms with van der Waals surface area (Å²) in [6.07, 6.45) is 3.45. The molecule has 0 atom stereocenters. The Bertz CT molecular complexity index is 517. The van der Waals surface area contributed by atoms with Crippen molar-refractivity contribution in [2.24, 2.45) is 0 Å². The number of nitrogens with two attached hydrogens (primary N) is 1. The van der Waals surface area contributed by atoms with Crippen LogP contribution in [0.15, 0.2) is 35.1 Å². The van der Waals surface area contributed by atoms with Crippen molar-refractivity contribution in [1.82, 2.24) is 15.0 Å². The van der Waals surface area contributed by atoms with E-state index < -0.39 is 0 Å². The molecule has 0 aliphatic rings. The summed E-state index contributed by atoms with van der Waals surface area (Å²) in [7, 11) is 0. The van der Waals surface area contributed by atoms with Crippen LogP contribution in [0, 0.1) is 0 Å². The number of rotatable bonds is 4. The molecule has 0 saturated carbocycles. The maximum atomic E-state index is 5.63. The van der Waals surface area contributed by atoms with Crippen LogP contribution in [0.5, 0.6) is 0 Å². The Morgan fingerprint density at radius 2 is 2.17 bits per heavy atom. The van der Waals surface area contributed by atoms with Gasteiger partial charge in [-0.3, -0.25) is 4.98 Å². The first-order valence-corrected chi connectivity index (χ1v) is 6.43. The van der Waals surface area contributed by atoms with Gasteiger partial charge in [0.2, 0.25) is 5.95 Å². The van der Waals surface area contributed by atoms with Gasteiger partial charge < -0.3 is 10.6 Å². The summed E-state index contributed by atoms with van der Waals surface area (Å²) in [5.74, 6) is 1.06. The summed E-state index contributed by atoms with van der Waals surface area (Å²) < 4.78 is 0.828. The first-order chi connectivity index (χ1) is 8.70. The van der Waals surface area contributed by atoms with Gasteiger partial charge in [0.05, 0.1) is 16.7 Å². The Morgan fingerprint density at radius 1 is 1.33 bits per heavy atom. The molecule has 2 heterocycles. The lowest BCUT2D eigenvalue weighted by molar-refractivity contribution is 0.789. The van der Waals surface area contributed by atoms with Crippen molar-refractivity contribution >= 4 is 27.7 Å². The third kappa shape index (κ3) is 2.95. The van der Waals surface area contributed by atoms with Gasteiger partial charge in [0.15, 0.2) is 0 Å². The average molecular weight is 308 g/mol. The molecule has 0 spiro atoms. The number of aromatic nitrogens is 3. The lowest BCUT2D eigenvalue weighted by Crippen LogP contribution is -2.24. The van der Waals surface area contributed by atoms with Gasteiger partial charge in [-0.1, -0.05) is 6.07 Å². The lowest BCUT2D eigenvalue weighted by Gasteiger charge is -2.22. The third-order valence-electron chi connectivity index (χ3n) is 2.50. The Morgan fingerprint density at radius 3 is 2.83 bits per heavy atom. The highest BCUT2D eigenvalue weighted by Gasteiger charge is 2.12. The van der Waals surface area contributed by atoms with E-state index in [2.05, 4.69) is 42.7 Å². The number of nitrogen functional groups attached to an aromatic ring is 1. The van der Waals surface area contributed by atoms with Gasteiger partial charge in [-0.05, 0) is 35.0 Å². The molecule has 0 aliphatic heterocycles. The molecule has 94 valence electrons. The van der Waals surface area contributed by atoms with Crippen LogP contribution in [0.25, 0.3) is 0 Å². The minimum atomic E-state index is 0.271. The average Bonchev–Trinajstić information content (AvgIpc) is 2.40. The Hall–Kier alpha value is -1.69. The zero-order valence-electron chi connectivity index (χ0n) is 10.0. The molecular formula is C12H14BrN5. The van der Waals surface area contributed by atoms with E-state index in [4.69, 9.17) is 5.73 Å². The number of hydrogen-bond donors (Lipinski definition) is 1. The molecule has 0 aliphatic carbocycles. The normalized spacial score (nSPS) is 10.3. The maximum absolute atomic E-state index is 5.63. The van der Waals surface area contributed by atoms with Crippen LogP contribution >= 0.6 is 15.9 Å². The molecule has 6 heteroatoms. The fourth-order valence-electron chi connectivity index (χ4n) is 1.62. The summed E-state index contributed by atoms with van der Waals surface area (Å²) in [6.45, 7) is 3.56. The van der Waals surface area contributed by atoms with Crippen molar-refractivity contribution in [3.8, 4) is 0 Å². The molecule has 18 heavy (non-hydrogen) atoms. The predicted molar refractivity (Wildman–Crippen MR) is 75.1 cm³/mol. The Balaban J connectivity index is 2.26. The summed E-state index contributed by atoms with van der Waals surface area (Å²) in [4.78, 5) is 14.6. The van der Waals surface area contributed by atoms with Gasteiger partial charge in [0.25, 0.3) is 0 Å². The van der Waals surface area contributed by atoms with Crippen LogP contribution in [-0.4, -0.2) is 21.5 Å². The second-order valence-electron chi connectivity index (χ2n) is 3.73. The van der Waals surface area contributed by atoms with E-state index in [-0.39, 0.29) is 5.95 Å². The van der Waals surface area contributed by atoms with E-state index in [1.807, 2.05) is 18.2 Å². The Kier molecular flexibility index (Phi) is 4.09. The van der Waals surface area contributed by atoms with E-state index in [0.717, 1.165) is 22.5 Å². The SMILES string of the molecule is CCN(Cc1ccccn1)c1nc(N)ncc1Br. The molecule has 0 aromatic carbocycles. The van der Waals surface area contributed by atoms with E-state index in [1.165, 1.54) is 0 Å². The van der Waals surface area contributed by atoms with E-state index >= 15 is 0 Å². The molecular weight excluding hydrogens is 294 g/mol. The molecule has 0 unspecified atom stereocenters. The number of nitrogens with zero attached hydrogens (tertiary/aromatic N) is 4. The second-order valence-corrected chi connectivity index (χ2v) is 4.59. The molecule has 0 amide bonds. The van der Waals surface area contributed by atoms with E-state index in [0.29, 0.717) is 6.54 Å². The van der Waals surface area contributed by atoms with E-state index in [1.54, 1.807) is 12.4 Å². The Labute approximate surface area is 114 Å². The van der Waals surface area contributed by atoms with Crippen molar-refractivity contribution in [3.05, 3.63) is 40.8 Å². The number of halogens is 1. The van der Waals surface area contributed by atoms with Gasteiger partial charge >= 0.3 is 0 Å². The number of anilines is 2. The van der Waals surface area contributed by atoms with Crippen molar-refractivity contribution in [2.75, 3.05) is 17.2 Å². The van der Waals surface area contributed by atoms with Crippen molar-refractivity contribution in [2.45, 2.75) is 13.5 Å². The first-order valence-electron chi connectivity index (χ1n) is 5.63. The summed E-state index contributed by atoms with van der Waals surface area (Å²) in [6, 6.07) is 5.86. The van der Waals surface area contributed by atoms with Crippen molar-refractivity contribution < 1.29 is 0 Å². The summed E-state index contributed by atoms with van der Waals surface area (Å²) in [5.41, 5.74) is 6.62. The van der Waals surface area contributed by atoms with Gasteiger partial charge in [-0.2, -0.15) is 4.98 Å². The molecule has 5 nitrogen and oxygen atoms in total. The fourth-order valence-corrected chi connectivity index (χ4v) is 2.06. The first kappa shape index (κ1) is 12.8. The van der Waals surface area contributed by atoms with Gasteiger partial charge in [0.1, 0.15) is 5.82 Å². The lowest BCUT2D eigenvalue weighted by atomic mass is 10.3. The topological polar surface area (TPSA) is 67.9 Å². The minimum Gasteiger partial charge on any atom is -0.368 e. The molecule has 0 radical (unpaired) electrons. The number of hydrogen-bond acceptors (Lipinski definition) is 5. The smallest absolute Gasteiger partial charge is 0.222 e. The summed E-state index contributed by atoms with van der Waals surface area (Å²) >= 11 is 3.44. The molecule has 0 fully saturated rings. The number of pyridine rings is 1. The van der Waals surface area contributed by atoms with Crippen LogP contribution in [0.3, 0.4) is 0 Å². The molecule has 2 aromatic rings. The second kappa shape index (κ2) is 5.77. The third-order valence-corrected chi connectivity index (χ3v) is 3.06. The minimum absolute atomic E-state index is 0.271. The summed E-state index contributed by atoms with van der Waals surface area (Å²) in [5, 5.41) is 0. The van der Waals surface area contributed by atoms with Crippen LogP contribution < -0.4 is 10.6 Å². The zero-order valence-corrected chi connectivity index (χ0v) is 11.6. The largest absolute Gasteiger partial charge is 0.368 e. The monoisotopic (exact) mass is 307 g/mol. The molecule has 0 bridgehead atoms. The molecule has 2 aromatic heterocycles. The van der Waals surface area contributed by atoms with Crippen LogP contribution in [0.1, 0.15) is 12.6 Å². The van der Waals surface area contributed by atoms with Crippen LogP contribution in [0.4, 0.5) is 11.8 Å². The van der Waals surface area contributed by atoms with Crippen molar-refractivity contribution in [3.63, 3.8) is 0 Å². The highest BCUT2D eigenvalue weighted by molar-refractivity contribution is 9.10. The molecule has 2 rings (SSSR count). The van der Waals surface area contributed by atoms with Crippen LogP contribution in [-0.2, 0) is 6.54 Å². The van der Waals surface area contributed by atoms with Gasteiger partial charge in [0, 0.05) is 18.9 Å². The van der Waals surface area contributed by atoms with Gasteiger partial charge in [-0.25, -0.2) is 4.98 Å². The van der Waals surface area contributed by atoms with Crippen LogP contribution in [0.2, 0.25) is 0 Å². The zero-order chi connectivity index (χ0) is 13.0. The highest BCUT2D eigenvalue weighted by atomic mass is 79.9. The van der Waals surface area contributed by atoms with E-state index in [9.17, 15) is 0 Å². The predicted octanol–water partition coefficient (Wildman–Crippen LogP) is 2.24. The fraction of sp³-hybridized carbons (Fsp3) is 0.250. The quantitative estimate of drug-likeness (QED) is 0.938. The molecule has 2 N–H and O–H groups in total. The van der Waals surface area contributed by atoms with Crippen molar-refractivity contribution in [1.29, 1.82) is 0 Å². The highest BCUT2D eigenvalue weighted by Crippen LogP contribution is 2.24. The standard InChI is InChI=1S/C12H14BrN5/c1-2-18(8-9-5-3-4-6-15-9)11-10(13)7-16-12(14)17-11/h3-7H,2,8H2,1H3,(H2,14,16,17). The van der Waals surface area contributed by atoms with Gasteiger partial charge in [-0.15, -0.1) is 0 Å². The molecule has 0 saturated heterocycles.